The third-order valence-electron chi connectivity index (χ3n) is 4.68. The highest BCUT2D eigenvalue weighted by molar-refractivity contribution is 5.00. The number of hydrogen-bond acceptors (Lipinski definition) is 4. The fraction of sp³-hybridized carbons (Fsp3) is 0.846. The van der Waals surface area contributed by atoms with Crippen molar-refractivity contribution in [3.05, 3.63) is 11.6 Å². The molecule has 3 heterocycles. The molecule has 1 aromatic heterocycles. The Morgan fingerprint density at radius 3 is 2.39 bits per heavy atom. The molecule has 0 radical (unpaired) electrons. The zero-order valence-corrected chi connectivity index (χ0v) is 11.5. The number of aromatic nitrogens is 3. The van der Waals surface area contributed by atoms with Crippen LogP contribution >= 0.6 is 0 Å². The molecule has 18 heavy (non-hydrogen) atoms. The molecule has 2 fully saturated rings. The Bertz CT molecular complexity index is 417. The van der Waals surface area contributed by atoms with E-state index >= 15 is 0 Å². The monoisotopic (exact) mass is 250 g/mol. The van der Waals surface area contributed by atoms with Crippen molar-refractivity contribution in [2.45, 2.75) is 57.3 Å². The summed E-state index contributed by atoms with van der Waals surface area (Å²) in [6, 6.07) is 1.34. The number of fused-ring (bicyclic) bond motifs is 2. The minimum Gasteiger partial charge on any atom is -0.381 e. The summed E-state index contributed by atoms with van der Waals surface area (Å²) in [6.07, 6.45) is 5.41. The lowest BCUT2D eigenvalue weighted by Gasteiger charge is -2.37. The van der Waals surface area contributed by atoms with Crippen LogP contribution in [-0.4, -0.2) is 45.0 Å². The van der Waals surface area contributed by atoms with E-state index in [0.29, 0.717) is 18.2 Å². The zero-order chi connectivity index (χ0) is 12.7. The maximum Gasteiger partial charge on any atom is 0.146 e. The first-order valence-corrected chi connectivity index (χ1v) is 6.82. The lowest BCUT2D eigenvalue weighted by atomic mass is 10.00. The Labute approximate surface area is 108 Å². The first-order chi connectivity index (χ1) is 8.69. The van der Waals surface area contributed by atoms with Gasteiger partial charge in [-0.3, -0.25) is 4.90 Å². The fourth-order valence-electron chi connectivity index (χ4n) is 3.43. The Kier molecular flexibility index (Phi) is 3.11. The molecule has 2 aliphatic rings. The van der Waals surface area contributed by atoms with Gasteiger partial charge in [0.05, 0.1) is 12.6 Å². The molecular formula is C13H22N4O. The van der Waals surface area contributed by atoms with Crippen LogP contribution in [0.5, 0.6) is 0 Å². The number of piperidine rings is 1. The normalized spacial score (nSPS) is 32.1. The summed E-state index contributed by atoms with van der Waals surface area (Å²) in [5, 5.41) is 8.43. The molecule has 0 aliphatic carbocycles. The summed E-state index contributed by atoms with van der Waals surface area (Å²) in [4.78, 5) is 2.61. The van der Waals surface area contributed by atoms with Crippen LogP contribution in [0.3, 0.4) is 0 Å². The standard InChI is InChI=1S/C13H22N4O/c1-9-14-15-13(16(9)2)8-17-10-4-5-11(17)7-12(6-10)18-3/h10-12H,4-8H2,1-3H3. The predicted octanol–water partition coefficient (Wildman–Crippen LogP) is 1.27. The molecule has 5 nitrogen and oxygen atoms in total. The molecule has 0 aromatic carbocycles. The number of aryl methyl sites for hydroxylation is 1. The van der Waals surface area contributed by atoms with Crippen molar-refractivity contribution in [1.82, 2.24) is 19.7 Å². The molecule has 3 rings (SSSR count). The smallest absolute Gasteiger partial charge is 0.146 e. The van der Waals surface area contributed by atoms with Crippen molar-refractivity contribution in [2.75, 3.05) is 7.11 Å². The molecule has 100 valence electrons. The number of ether oxygens (including phenoxy) is 1. The second kappa shape index (κ2) is 4.63. The molecule has 2 bridgehead atoms. The fourth-order valence-corrected chi connectivity index (χ4v) is 3.43. The highest BCUT2D eigenvalue weighted by Crippen LogP contribution is 2.37. The summed E-state index contributed by atoms with van der Waals surface area (Å²) in [5.41, 5.74) is 0. The molecule has 2 atom stereocenters. The quantitative estimate of drug-likeness (QED) is 0.810. The Morgan fingerprint density at radius 2 is 1.89 bits per heavy atom. The molecular weight excluding hydrogens is 228 g/mol. The van der Waals surface area contributed by atoms with Gasteiger partial charge in [0, 0.05) is 26.2 Å². The third-order valence-corrected chi connectivity index (χ3v) is 4.68. The molecule has 0 spiro atoms. The van der Waals surface area contributed by atoms with E-state index in [0.717, 1.165) is 18.2 Å². The summed E-state index contributed by atoms with van der Waals surface area (Å²) < 4.78 is 7.64. The predicted molar refractivity (Wildman–Crippen MR) is 68.1 cm³/mol. The molecule has 2 aliphatic heterocycles. The molecule has 2 unspecified atom stereocenters. The highest BCUT2D eigenvalue weighted by atomic mass is 16.5. The van der Waals surface area contributed by atoms with Gasteiger partial charge in [0.25, 0.3) is 0 Å². The molecule has 5 heteroatoms. The van der Waals surface area contributed by atoms with E-state index in [2.05, 4.69) is 26.7 Å². The van der Waals surface area contributed by atoms with E-state index in [4.69, 9.17) is 4.74 Å². The second-order valence-electron chi connectivity index (χ2n) is 5.61. The van der Waals surface area contributed by atoms with Gasteiger partial charge in [0.1, 0.15) is 11.6 Å². The topological polar surface area (TPSA) is 43.2 Å². The van der Waals surface area contributed by atoms with Gasteiger partial charge in [-0.1, -0.05) is 0 Å². The maximum atomic E-state index is 5.54. The first-order valence-electron chi connectivity index (χ1n) is 6.82. The molecule has 2 saturated heterocycles. The van der Waals surface area contributed by atoms with Crippen LogP contribution < -0.4 is 0 Å². The van der Waals surface area contributed by atoms with Crippen molar-refractivity contribution >= 4 is 0 Å². The van der Waals surface area contributed by atoms with Gasteiger partial charge < -0.3 is 9.30 Å². The summed E-state index contributed by atoms with van der Waals surface area (Å²) in [5.74, 6) is 2.07. The largest absolute Gasteiger partial charge is 0.381 e. The van der Waals surface area contributed by atoms with E-state index < -0.39 is 0 Å². The van der Waals surface area contributed by atoms with Crippen molar-refractivity contribution in [3.8, 4) is 0 Å². The molecule has 0 amide bonds. The number of methoxy groups -OCH3 is 1. The first kappa shape index (κ1) is 12.1. The van der Waals surface area contributed by atoms with Gasteiger partial charge >= 0.3 is 0 Å². The third kappa shape index (κ3) is 1.95. The average molecular weight is 250 g/mol. The van der Waals surface area contributed by atoms with Crippen molar-refractivity contribution in [1.29, 1.82) is 0 Å². The summed E-state index contributed by atoms with van der Waals surface area (Å²) >= 11 is 0. The van der Waals surface area contributed by atoms with Crippen molar-refractivity contribution in [3.63, 3.8) is 0 Å². The number of hydrogen-bond donors (Lipinski definition) is 0. The van der Waals surface area contributed by atoms with Gasteiger partial charge in [-0.25, -0.2) is 0 Å². The highest BCUT2D eigenvalue weighted by Gasteiger charge is 2.41. The molecule has 0 saturated carbocycles. The Hall–Kier alpha value is -0.940. The van der Waals surface area contributed by atoms with Crippen molar-refractivity contribution in [2.24, 2.45) is 7.05 Å². The van der Waals surface area contributed by atoms with Crippen LogP contribution in [0.25, 0.3) is 0 Å². The van der Waals surface area contributed by atoms with Crippen LogP contribution in [0.1, 0.15) is 37.3 Å². The molecule has 0 N–H and O–H groups in total. The van der Waals surface area contributed by atoms with Gasteiger partial charge in [-0.05, 0) is 32.6 Å². The van der Waals surface area contributed by atoms with Gasteiger partial charge in [0.2, 0.25) is 0 Å². The van der Waals surface area contributed by atoms with E-state index in [1.165, 1.54) is 25.7 Å². The number of rotatable bonds is 3. The van der Waals surface area contributed by atoms with Crippen LogP contribution in [0.4, 0.5) is 0 Å². The van der Waals surface area contributed by atoms with E-state index in [1.807, 2.05) is 14.0 Å². The maximum absolute atomic E-state index is 5.54. The van der Waals surface area contributed by atoms with Gasteiger partial charge in [0.15, 0.2) is 0 Å². The number of nitrogens with zero attached hydrogens (tertiary/aromatic N) is 4. The lowest BCUT2D eigenvalue weighted by molar-refractivity contribution is 0.00124. The summed E-state index contributed by atoms with van der Waals surface area (Å²) in [7, 11) is 3.89. The molecule has 1 aromatic rings. The average Bonchev–Trinajstić information content (AvgIpc) is 2.80. The Morgan fingerprint density at radius 1 is 1.22 bits per heavy atom. The lowest BCUT2D eigenvalue weighted by Crippen LogP contribution is -2.45. The van der Waals surface area contributed by atoms with Gasteiger partial charge in [-0.15, -0.1) is 10.2 Å². The minimum absolute atomic E-state index is 0.458. The SMILES string of the molecule is COC1CC2CCC(C1)N2Cc1nnc(C)n1C. The minimum atomic E-state index is 0.458. The summed E-state index contributed by atoms with van der Waals surface area (Å²) in [6.45, 7) is 2.94. The Balaban J connectivity index is 1.73. The van der Waals surface area contributed by atoms with E-state index in [-0.39, 0.29) is 0 Å². The second-order valence-corrected chi connectivity index (χ2v) is 5.61. The van der Waals surface area contributed by atoms with Crippen LogP contribution in [0.2, 0.25) is 0 Å². The van der Waals surface area contributed by atoms with Crippen LogP contribution in [-0.2, 0) is 18.3 Å². The zero-order valence-electron chi connectivity index (χ0n) is 11.5. The van der Waals surface area contributed by atoms with E-state index in [1.54, 1.807) is 0 Å². The van der Waals surface area contributed by atoms with Crippen molar-refractivity contribution < 1.29 is 4.74 Å². The van der Waals surface area contributed by atoms with E-state index in [9.17, 15) is 0 Å². The van der Waals surface area contributed by atoms with Gasteiger partial charge in [-0.2, -0.15) is 0 Å². The van der Waals surface area contributed by atoms with Crippen LogP contribution in [0.15, 0.2) is 0 Å². The van der Waals surface area contributed by atoms with Crippen LogP contribution in [0, 0.1) is 6.92 Å².